The van der Waals surface area contributed by atoms with Gasteiger partial charge in [-0.1, -0.05) is 19.1 Å². The van der Waals surface area contributed by atoms with E-state index >= 15 is 0 Å². The van der Waals surface area contributed by atoms with Gasteiger partial charge in [0.2, 0.25) is 12.3 Å². The van der Waals surface area contributed by atoms with Gasteiger partial charge < -0.3 is 15.3 Å². The molecular weight excluding hydrogens is 310 g/mol. The van der Waals surface area contributed by atoms with Crippen LogP contribution in [0.3, 0.4) is 0 Å². The fourth-order valence-corrected chi connectivity index (χ4v) is 2.24. The lowest BCUT2D eigenvalue weighted by Crippen LogP contribution is -2.44. The molecule has 132 valence electrons. The molecule has 0 aliphatic carbocycles. The van der Waals surface area contributed by atoms with Crippen LogP contribution in [0, 0.1) is 0 Å². The van der Waals surface area contributed by atoms with E-state index in [4.69, 9.17) is 0 Å². The van der Waals surface area contributed by atoms with Crippen molar-refractivity contribution >= 4 is 18.3 Å². The summed E-state index contributed by atoms with van der Waals surface area (Å²) >= 11 is 0. The normalized spacial score (nSPS) is 11.5. The highest BCUT2D eigenvalue weighted by Gasteiger charge is 2.17. The topological polar surface area (TPSA) is 90.0 Å². The van der Waals surface area contributed by atoms with Crippen molar-refractivity contribution in [3.63, 3.8) is 0 Å². The third-order valence-electron chi connectivity index (χ3n) is 3.67. The van der Waals surface area contributed by atoms with Crippen LogP contribution in [-0.4, -0.2) is 52.9 Å². The summed E-state index contributed by atoms with van der Waals surface area (Å²) in [4.78, 5) is 37.5. The Morgan fingerprint density at radius 1 is 1.21 bits per heavy atom. The molecule has 0 spiro atoms. The molecule has 1 aromatic rings. The first-order valence-corrected chi connectivity index (χ1v) is 7.95. The van der Waals surface area contributed by atoms with E-state index in [1.165, 1.54) is 19.1 Å². The van der Waals surface area contributed by atoms with Crippen molar-refractivity contribution in [2.45, 2.75) is 33.2 Å². The Bertz CT molecular complexity index is 559. The van der Waals surface area contributed by atoms with Crippen molar-refractivity contribution in [3.8, 4) is 5.75 Å². The van der Waals surface area contributed by atoms with Crippen molar-refractivity contribution in [1.29, 1.82) is 0 Å². The highest BCUT2D eigenvalue weighted by molar-refractivity contribution is 5.85. The summed E-state index contributed by atoms with van der Waals surface area (Å²) in [6.07, 6.45) is 1.27. The fraction of sp³-hybridized carbons (Fsp3) is 0.471. The number of carbonyl (C=O) groups excluding carboxylic acids is 3. The maximum Gasteiger partial charge on any atom is 0.324 e. The zero-order chi connectivity index (χ0) is 18.1. The van der Waals surface area contributed by atoms with Crippen molar-refractivity contribution in [1.82, 2.24) is 15.1 Å². The van der Waals surface area contributed by atoms with E-state index in [-0.39, 0.29) is 24.2 Å². The molecule has 0 aliphatic rings. The van der Waals surface area contributed by atoms with Gasteiger partial charge in [0.05, 0.1) is 6.04 Å². The van der Waals surface area contributed by atoms with Crippen LogP contribution in [0.4, 0.5) is 4.79 Å². The van der Waals surface area contributed by atoms with Crippen LogP contribution in [0.25, 0.3) is 0 Å². The third kappa shape index (κ3) is 5.91. The van der Waals surface area contributed by atoms with Gasteiger partial charge in [-0.15, -0.1) is 0 Å². The van der Waals surface area contributed by atoms with Gasteiger partial charge in [-0.05, 0) is 31.0 Å². The molecule has 0 unspecified atom stereocenters. The number of imide groups is 1. The molecule has 2 N–H and O–H groups in total. The van der Waals surface area contributed by atoms with Gasteiger partial charge in [0.15, 0.2) is 0 Å². The number of urea groups is 1. The number of phenolic OH excluding ortho intramolecular Hbond substituents is 1. The Balaban J connectivity index is 2.60. The van der Waals surface area contributed by atoms with Gasteiger partial charge in [0, 0.05) is 26.6 Å². The average molecular weight is 335 g/mol. The van der Waals surface area contributed by atoms with Gasteiger partial charge >= 0.3 is 6.03 Å². The predicted molar refractivity (Wildman–Crippen MR) is 90.4 cm³/mol. The summed E-state index contributed by atoms with van der Waals surface area (Å²) in [5.41, 5.74) is 0.809. The number of benzene rings is 1. The Morgan fingerprint density at radius 3 is 2.33 bits per heavy atom. The van der Waals surface area contributed by atoms with Crippen molar-refractivity contribution < 1.29 is 19.5 Å². The summed E-state index contributed by atoms with van der Waals surface area (Å²) in [6, 6.07) is 5.62. The van der Waals surface area contributed by atoms with Crippen LogP contribution in [0.2, 0.25) is 0 Å². The molecule has 7 nitrogen and oxygen atoms in total. The second-order valence-electron chi connectivity index (χ2n) is 5.57. The number of phenols is 1. The second-order valence-corrected chi connectivity index (χ2v) is 5.57. The number of amides is 4. The second kappa shape index (κ2) is 9.54. The minimum atomic E-state index is -0.523. The molecule has 24 heavy (non-hydrogen) atoms. The van der Waals surface area contributed by atoms with E-state index in [0.717, 1.165) is 16.9 Å². The summed E-state index contributed by atoms with van der Waals surface area (Å²) < 4.78 is 0. The van der Waals surface area contributed by atoms with E-state index in [0.29, 0.717) is 19.5 Å². The Morgan fingerprint density at radius 2 is 1.83 bits per heavy atom. The summed E-state index contributed by atoms with van der Waals surface area (Å²) in [7, 11) is 0. The number of hydrogen-bond acceptors (Lipinski definition) is 4. The molecule has 0 heterocycles. The molecular formula is C17H25N3O4. The molecule has 0 aliphatic heterocycles. The van der Waals surface area contributed by atoms with Crippen LogP contribution in [-0.2, 0) is 9.59 Å². The number of hydrogen-bond donors (Lipinski definition) is 2. The molecule has 0 bridgehead atoms. The zero-order valence-electron chi connectivity index (χ0n) is 14.4. The standard InChI is InChI=1S/C17H25N3O4/c1-4-9-19(14(3)22)10-11-20(12-21)17(24)18-13(2)15-5-7-16(23)8-6-15/h5-8,12-13,23H,4,9-11H2,1-3H3,(H,18,24)/t13-/m1/s1. The van der Waals surface area contributed by atoms with Crippen LogP contribution in [0.5, 0.6) is 5.75 Å². The third-order valence-corrected chi connectivity index (χ3v) is 3.67. The molecule has 0 radical (unpaired) electrons. The minimum Gasteiger partial charge on any atom is -0.508 e. The van der Waals surface area contributed by atoms with Crippen molar-refractivity contribution in [3.05, 3.63) is 29.8 Å². The SMILES string of the molecule is CCCN(CCN(C=O)C(=O)N[C@H](C)c1ccc(O)cc1)C(C)=O. The lowest BCUT2D eigenvalue weighted by atomic mass is 10.1. The average Bonchev–Trinajstić information content (AvgIpc) is 2.54. The first kappa shape index (κ1) is 19.5. The van der Waals surface area contributed by atoms with Crippen LogP contribution >= 0.6 is 0 Å². The largest absolute Gasteiger partial charge is 0.508 e. The lowest BCUT2D eigenvalue weighted by Gasteiger charge is -2.25. The van der Waals surface area contributed by atoms with Gasteiger partial charge in [-0.3, -0.25) is 14.5 Å². The number of nitrogens with zero attached hydrogens (tertiary/aromatic N) is 2. The molecule has 1 aromatic carbocycles. The highest BCUT2D eigenvalue weighted by atomic mass is 16.3. The van der Waals surface area contributed by atoms with E-state index in [1.807, 2.05) is 6.92 Å². The van der Waals surface area contributed by atoms with Crippen LogP contribution in [0.1, 0.15) is 38.8 Å². The smallest absolute Gasteiger partial charge is 0.324 e. The first-order valence-electron chi connectivity index (χ1n) is 7.95. The fourth-order valence-electron chi connectivity index (χ4n) is 2.24. The lowest BCUT2D eigenvalue weighted by molar-refractivity contribution is -0.129. The van der Waals surface area contributed by atoms with E-state index < -0.39 is 6.03 Å². The molecule has 1 atom stereocenters. The Kier molecular flexibility index (Phi) is 7.74. The highest BCUT2D eigenvalue weighted by Crippen LogP contribution is 2.16. The predicted octanol–water partition coefficient (Wildman–Crippen LogP) is 1.88. The summed E-state index contributed by atoms with van der Waals surface area (Å²) in [5, 5.41) is 12.0. The van der Waals surface area contributed by atoms with E-state index in [1.54, 1.807) is 24.0 Å². The number of aromatic hydroxyl groups is 1. The monoisotopic (exact) mass is 335 g/mol. The molecule has 1 rings (SSSR count). The van der Waals surface area contributed by atoms with Crippen LogP contribution in [0.15, 0.2) is 24.3 Å². The van der Waals surface area contributed by atoms with Crippen molar-refractivity contribution in [2.75, 3.05) is 19.6 Å². The first-order chi connectivity index (χ1) is 11.4. The van der Waals surface area contributed by atoms with Gasteiger partial charge in [-0.2, -0.15) is 0 Å². The van der Waals surface area contributed by atoms with Gasteiger partial charge in [-0.25, -0.2) is 4.79 Å². The van der Waals surface area contributed by atoms with E-state index in [2.05, 4.69) is 5.32 Å². The Hall–Kier alpha value is -2.57. The van der Waals surface area contributed by atoms with Gasteiger partial charge in [0.1, 0.15) is 5.75 Å². The molecule has 0 aromatic heterocycles. The quantitative estimate of drug-likeness (QED) is 0.710. The molecule has 4 amide bonds. The Labute approximate surface area is 142 Å². The maximum absolute atomic E-state index is 12.2. The molecule has 0 saturated carbocycles. The molecule has 0 fully saturated rings. The van der Waals surface area contributed by atoms with Crippen LogP contribution < -0.4 is 5.32 Å². The number of carbonyl (C=O) groups is 3. The van der Waals surface area contributed by atoms with Gasteiger partial charge in [0.25, 0.3) is 0 Å². The molecule has 0 saturated heterocycles. The zero-order valence-corrected chi connectivity index (χ0v) is 14.4. The number of nitrogens with one attached hydrogen (secondary N) is 1. The minimum absolute atomic E-state index is 0.0828. The summed E-state index contributed by atoms with van der Waals surface area (Å²) in [5.74, 6) is 0.0626. The summed E-state index contributed by atoms with van der Waals surface area (Å²) in [6.45, 7) is 6.24. The maximum atomic E-state index is 12.2. The van der Waals surface area contributed by atoms with E-state index in [9.17, 15) is 19.5 Å². The molecule has 7 heteroatoms. The number of rotatable bonds is 8. The van der Waals surface area contributed by atoms with Crippen molar-refractivity contribution in [2.24, 2.45) is 0 Å².